The summed E-state index contributed by atoms with van der Waals surface area (Å²) in [5, 5.41) is 2.10. The highest BCUT2D eigenvalue weighted by Gasteiger charge is 2.13. The minimum absolute atomic E-state index is 0.126. The molecule has 1 heterocycles. The van der Waals surface area contributed by atoms with Crippen molar-refractivity contribution < 1.29 is 4.74 Å². The van der Waals surface area contributed by atoms with Gasteiger partial charge in [-0.3, -0.25) is 4.99 Å². The van der Waals surface area contributed by atoms with Crippen LogP contribution in [0.2, 0.25) is 0 Å². The molecule has 0 spiro atoms. The van der Waals surface area contributed by atoms with Gasteiger partial charge in [-0.1, -0.05) is 36.4 Å². The van der Waals surface area contributed by atoms with Gasteiger partial charge in [0.1, 0.15) is 0 Å². The average Bonchev–Trinajstić information content (AvgIpc) is 3.01. The van der Waals surface area contributed by atoms with Gasteiger partial charge in [0.25, 0.3) is 0 Å². The zero-order chi connectivity index (χ0) is 14.4. The summed E-state index contributed by atoms with van der Waals surface area (Å²) in [6.45, 7) is 4.16. The Morgan fingerprint density at radius 1 is 1.15 bits per heavy atom. The Labute approximate surface area is 125 Å². The van der Waals surface area contributed by atoms with Crippen molar-refractivity contribution in [1.29, 1.82) is 0 Å². The van der Waals surface area contributed by atoms with Gasteiger partial charge in [0.05, 0.1) is 17.9 Å². The van der Waals surface area contributed by atoms with Crippen LogP contribution in [0, 0.1) is 0 Å². The SMILES string of the molecule is CO[C@H](C)C(C)/N=C(\Cc1ccccc1)c1cccs1. The normalized spacial score (nSPS) is 15.1. The number of hydrogen-bond acceptors (Lipinski definition) is 3. The predicted octanol–water partition coefficient (Wildman–Crippen LogP) is 4.20. The van der Waals surface area contributed by atoms with Gasteiger partial charge in [0, 0.05) is 18.4 Å². The largest absolute Gasteiger partial charge is 0.380 e. The number of hydrogen-bond donors (Lipinski definition) is 0. The van der Waals surface area contributed by atoms with Crippen molar-refractivity contribution in [2.75, 3.05) is 7.11 Å². The van der Waals surface area contributed by atoms with E-state index >= 15 is 0 Å². The first-order chi connectivity index (χ1) is 9.70. The minimum Gasteiger partial charge on any atom is -0.380 e. The molecule has 0 aliphatic carbocycles. The van der Waals surface area contributed by atoms with Crippen LogP contribution in [-0.2, 0) is 11.2 Å². The van der Waals surface area contributed by atoms with E-state index in [0.717, 1.165) is 12.1 Å². The first-order valence-electron chi connectivity index (χ1n) is 6.88. The highest BCUT2D eigenvalue weighted by molar-refractivity contribution is 7.12. The molecule has 0 radical (unpaired) electrons. The fourth-order valence-corrected chi connectivity index (χ4v) is 2.70. The van der Waals surface area contributed by atoms with Crippen LogP contribution in [-0.4, -0.2) is 25.0 Å². The molecule has 0 aliphatic heterocycles. The molecular weight excluding hydrogens is 266 g/mol. The van der Waals surface area contributed by atoms with E-state index in [-0.39, 0.29) is 12.1 Å². The van der Waals surface area contributed by atoms with E-state index in [2.05, 4.69) is 55.6 Å². The fourth-order valence-electron chi connectivity index (χ4n) is 1.98. The van der Waals surface area contributed by atoms with Crippen LogP contribution in [0.4, 0.5) is 0 Å². The fraction of sp³-hybridized carbons (Fsp3) is 0.353. The molecule has 0 fully saturated rings. The maximum atomic E-state index is 5.38. The second kappa shape index (κ2) is 7.36. The van der Waals surface area contributed by atoms with Gasteiger partial charge >= 0.3 is 0 Å². The number of benzene rings is 1. The predicted molar refractivity (Wildman–Crippen MR) is 86.9 cm³/mol. The molecule has 0 saturated carbocycles. The van der Waals surface area contributed by atoms with Gasteiger partial charge in [-0.2, -0.15) is 0 Å². The Kier molecular flexibility index (Phi) is 5.50. The number of aliphatic imine (C=N–C) groups is 1. The van der Waals surface area contributed by atoms with Crippen LogP contribution < -0.4 is 0 Å². The van der Waals surface area contributed by atoms with E-state index in [1.54, 1.807) is 18.4 Å². The van der Waals surface area contributed by atoms with Crippen LogP contribution in [0.3, 0.4) is 0 Å². The van der Waals surface area contributed by atoms with Crippen molar-refractivity contribution in [3.8, 4) is 0 Å². The topological polar surface area (TPSA) is 21.6 Å². The molecule has 0 N–H and O–H groups in total. The first kappa shape index (κ1) is 14.9. The number of thiophene rings is 1. The van der Waals surface area contributed by atoms with Crippen LogP contribution in [0.5, 0.6) is 0 Å². The monoisotopic (exact) mass is 287 g/mol. The van der Waals surface area contributed by atoms with Crippen molar-refractivity contribution in [1.82, 2.24) is 0 Å². The lowest BCUT2D eigenvalue weighted by molar-refractivity contribution is 0.101. The molecule has 20 heavy (non-hydrogen) atoms. The summed E-state index contributed by atoms with van der Waals surface area (Å²) < 4.78 is 5.38. The minimum atomic E-state index is 0.126. The van der Waals surface area contributed by atoms with Crippen LogP contribution in [0.1, 0.15) is 24.3 Å². The Morgan fingerprint density at radius 2 is 1.90 bits per heavy atom. The van der Waals surface area contributed by atoms with Crippen molar-refractivity contribution in [2.45, 2.75) is 32.4 Å². The maximum Gasteiger partial charge on any atom is 0.0763 e. The number of ether oxygens (including phenoxy) is 1. The third-order valence-corrected chi connectivity index (χ3v) is 4.35. The molecule has 0 saturated heterocycles. The van der Waals surface area contributed by atoms with Crippen LogP contribution in [0.15, 0.2) is 52.8 Å². The third-order valence-electron chi connectivity index (χ3n) is 3.43. The van der Waals surface area contributed by atoms with E-state index in [1.807, 2.05) is 6.07 Å². The lowest BCUT2D eigenvalue weighted by Crippen LogP contribution is -2.22. The van der Waals surface area contributed by atoms with Crippen molar-refractivity contribution in [3.63, 3.8) is 0 Å². The number of rotatable bonds is 6. The standard InChI is InChI=1S/C17H21NOS/c1-13(14(2)19-3)18-16(17-10-7-11-20-17)12-15-8-5-4-6-9-15/h4-11,13-14H,12H2,1-3H3/b18-16+/t13?,14-/m1/s1. The molecule has 2 aromatic rings. The van der Waals surface area contributed by atoms with Crippen molar-refractivity contribution >= 4 is 17.0 Å². The summed E-state index contributed by atoms with van der Waals surface area (Å²) in [5.74, 6) is 0. The summed E-state index contributed by atoms with van der Waals surface area (Å²) in [5.41, 5.74) is 2.43. The van der Waals surface area contributed by atoms with E-state index in [0.29, 0.717) is 0 Å². The first-order valence-corrected chi connectivity index (χ1v) is 7.76. The molecule has 0 bridgehead atoms. The molecule has 106 valence electrons. The number of nitrogens with zero attached hydrogens (tertiary/aromatic N) is 1. The van der Waals surface area contributed by atoms with Crippen molar-refractivity contribution in [3.05, 3.63) is 58.3 Å². The Morgan fingerprint density at radius 3 is 2.50 bits per heavy atom. The maximum absolute atomic E-state index is 5.38. The van der Waals surface area contributed by atoms with Gasteiger partial charge in [-0.25, -0.2) is 0 Å². The van der Waals surface area contributed by atoms with Crippen LogP contribution >= 0.6 is 11.3 Å². The highest BCUT2D eigenvalue weighted by Crippen LogP contribution is 2.16. The zero-order valence-corrected chi connectivity index (χ0v) is 13.1. The lowest BCUT2D eigenvalue weighted by Gasteiger charge is -2.16. The zero-order valence-electron chi connectivity index (χ0n) is 12.2. The molecular formula is C17H21NOS. The number of methoxy groups -OCH3 is 1. The van der Waals surface area contributed by atoms with Gasteiger partial charge in [0.15, 0.2) is 0 Å². The molecule has 2 nitrogen and oxygen atoms in total. The average molecular weight is 287 g/mol. The van der Waals surface area contributed by atoms with E-state index < -0.39 is 0 Å². The van der Waals surface area contributed by atoms with Gasteiger partial charge < -0.3 is 4.74 Å². The van der Waals surface area contributed by atoms with Gasteiger partial charge in [0.2, 0.25) is 0 Å². The van der Waals surface area contributed by atoms with E-state index in [1.165, 1.54) is 10.4 Å². The molecule has 0 amide bonds. The lowest BCUT2D eigenvalue weighted by atomic mass is 10.1. The molecule has 1 aromatic carbocycles. The highest BCUT2D eigenvalue weighted by atomic mass is 32.1. The molecule has 0 aliphatic rings. The molecule has 1 unspecified atom stereocenters. The van der Waals surface area contributed by atoms with E-state index in [9.17, 15) is 0 Å². The molecule has 1 aromatic heterocycles. The Balaban J connectivity index is 2.24. The van der Waals surface area contributed by atoms with Crippen LogP contribution in [0.25, 0.3) is 0 Å². The summed E-state index contributed by atoms with van der Waals surface area (Å²) in [6, 6.07) is 14.8. The Bertz CT molecular complexity index is 533. The summed E-state index contributed by atoms with van der Waals surface area (Å²) in [6.07, 6.45) is 0.989. The quantitative estimate of drug-likeness (QED) is 0.730. The summed E-state index contributed by atoms with van der Waals surface area (Å²) in [7, 11) is 1.73. The Hall–Kier alpha value is -1.45. The molecule has 2 rings (SSSR count). The van der Waals surface area contributed by atoms with E-state index in [4.69, 9.17) is 9.73 Å². The van der Waals surface area contributed by atoms with Gasteiger partial charge in [-0.15, -0.1) is 11.3 Å². The molecule has 2 atom stereocenters. The smallest absolute Gasteiger partial charge is 0.0763 e. The summed E-state index contributed by atoms with van der Waals surface area (Å²) in [4.78, 5) is 6.13. The van der Waals surface area contributed by atoms with Crippen molar-refractivity contribution in [2.24, 2.45) is 4.99 Å². The second-order valence-electron chi connectivity index (χ2n) is 4.90. The second-order valence-corrected chi connectivity index (χ2v) is 5.84. The van der Waals surface area contributed by atoms with Gasteiger partial charge in [-0.05, 0) is 30.9 Å². The molecule has 3 heteroatoms. The summed E-state index contributed by atoms with van der Waals surface area (Å²) >= 11 is 1.74. The third kappa shape index (κ3) is 4.02.